The van der Waals surface area contributed by atoms with E-state index in [-0.39, 0.29) is 89.2 Å². The summed E-state index contributed by atoms with van der Waals surface area (Å²) in [6.07, 6.45) is 6.03. The number of hydrogen-bond donors (Lipinski definition) is 2. The second kappa shape index (κ2) is 12.4. The molecule has 3 saturated heterocycles. The van der Waals surface area contributed by atoms with Crippen molar-refractivity contribution in [1.82, 2.24) is 25.2 Å². The number of rotatable bonds is 7. The maximum absolute atomic E-state index is 17.1. The van der Waals surface area contributed by atoms with Crippen LogP contribution in [0.2, 0.25) is 0 Å². The zero-order chi connectivity index (χ0) is 34.7. The van der Waals surface area contributed by atoms with Crippen molar-refractivity contribution in [3.63, 3.8) is 0 Å². The number of ether oxygens (including phenoxy) is 2. The van der Waals surface area contributed by atoms with Gasteiger partial charge >= 0.3 is 6.01 Å². The molecule has 3 fully saturated rings. The summed E-state index contributed by atoms with van der Waals surface area (Å²) in [4.78, 5) is 17.0. The topological polar surface area (TPSA) is 102 Å². The van der Waals surface area contributed by atoms with Crippen LogP contribution in [0, 0.1) is 24.0 Å². The van der Waals surface area contributed by atoms with Crippen LogP contribution in [0.5, 0.6) is 11.9 Å². The lowest BCUT2D eigenvalue weighted by Crippen LogP contribution is -2.43. The van der Waals surface area contributed by atoms with Gasteiger partial charge in [-0.15, -0.1) is 6.42 Å². The predicted octanol–water partition coefficient (Wildman–Crippen LogP) is 5.47. The number of fused-ring (bicyclic) bond motifs is 3. The van der Waals surface area contributed by atoms with E-state index in [0.29, 0.717) is 11.8 Å². The van der Waals surface area contributed by atoms with Gasteiger partial charge in [-0.05, 0) is 56.8 Å². The van der Waals surface area contributed by atoms with Crippen LogP contribution < -0.4 is 25.4 Å². The van der Waals surface area contributed by atoms with Gasteiger partial charge in [0.25, 0.3) is 5.92 Å². The standard InChI is InChI=1S/C35H36F5N7O2/c1-4-23-25(37)7-6-20-12-22(41)13-24(26(20)23)29-28(38)30-27(32(43-29)49-19(2)3)31(46-11-9-42-16-35(39,40)17-46)45-33(44-30)48-18-34-8-5-10-47(34)15-21(36)14-34/h1,6-7,12-13,19,21,42H,5,8-11,14-18,41H2,2-3H3/t21-,34+/m1/s1. The summed E-state index contributed by atoms with van der Waals surface area (Å²) >= 11 is 0. The maximum atomic E-state index is 17.1. The molecule has 5 heterocycles. The number of halogens is 5. The third-order valence-electron chi connectivity index (χ3n) is 9.44. The molecule has 258 valence electrons. The van der Waals surface area contributed by atoms with E-state index < -0.39 is 48.5 Å². The van der Waals surface area contributed by atoms with E-state index in [1.165, 1.54) is 23.1 Å². The van der Waals surface area contributed by atoms with Gasteiger partial charge in [0.1, 0.15) is 41.0 Å². The minimum atomic E-state index is -3.15. The van der Waals surface area contributed by atoms with Gasteiger partial charge < -0.3 is 25.4 Å². The second-order valence-electron chi connectivity index (χ2n) is 13.4. The number of nitrogens with one attached hydrogen (secondary N) is 1. The van der Waals surface area contributed by atoms with Gasteiger partial charge in [0.15, 0.2) is 5.82 Å². The van der Waals surface area contributed by atoms with Crippen molar-refractivity contribution < 1.29 is 31.4 Å². The minimum absolute atomic E-state index is 0.0235. The highest BCUT2D eigenvalue weighted by Gasteiger charge is 2.49. The first-order valence-corrected chi connectivity index (χ1v) is 16.3. The van der Waals surface area contributed by atoms with Gasteiger partial charge in [0.05, 0.1) is 30.3 Å². The van der Waals surface area contributed by atoms with Gasteiger partial charge in [0, 0.05) is 42.7 Å². The Kier molecular flexibility index (Phi) is 8.39. The molecule has 0 spiro atoms. The van der Waals surface area contributed by atoms with E-state index in [2.05, 4.69) is 26.2 Å². The van der Waals surface area contributed by atoms with E-state index in [1.807, 2.05) is 4.90 Å². The molecule has 2 atom stereocenters. The number of hydrogen-bond acceptors (Lipinski definition) is 9. The quantitative estimate of drug-likeness (QED) is 0.149. The van der Waals surface area contributed by atoms with Crippen LogP contribution in [0.3, 0.4) is 0 Å². The van der Waals surface area contributed by atoms with Crippen molar-refractivity contribution in [1.29, 1.82) is 0 Å². The molecule has 4 aromatic rings. The smallest absolute Gasteiger partial charge is 0.319 e. The molecule has 0 unspecified atom stereocenters. The molecule has 0 bridgehead atoms. The van der Waals surface area contributed by atoms with Crippen molar-refractivity contribution in [2.75, 3.05) is 56.5 Å². The minimum Gasteiger partial charge on any atom is -0.474 e. The Morgan fingerprint density at radius 1 is 1.14 bits per heavy atom. The molecule has 2 aromatic carbocycles. The van der Waals surface area contributed by atoms with Crippen molar-refractivity contribution in [2.45, 2.75) is 56.8 Å². The van der Waals surface area contributed by atoms with Crippen LogP contribution in [0.15, 0.2) is 24.3 Å². The number of nitrogens with two attached hydrogens (primary N) is 1. The number of nitrogen functional groups attached to an aromatic ring is 1. The van der Waals surface area contributed by atoms with Crippen molar-refractivity contribution in [2.24, 2.45) is 0 Å². The number of anilines is 2. The molecule has 2 aromatic heterocycles. The number of pyridine rings is 1. The zero-order valence-corrected chi connectivity index (χ0v) is 27.1. The van der Waals surface area contributed by atoms with Crippen LogP contribution in [-0.2, 0) is 0 Å². The number of alkyl halides is 3. The first kappa shape index (κ1) is 33.0. The second-order valence-corrected chi connectivity index (χ2v) is 13.4. The summed E-state index contributed by atoms with van der Waals surface area (Å²) < 4.78 is 89.0. The molecular formula is C35H36F5N7O2. The lowest BCUT2D eigenvalue weighted by atomic mass is 9.95. The highest BCUT2D eigenvalue weighted by atomic mass is 19.3. The molecule has 49 heavy (non-hydrogen) atoms. The molecule has 14 heteroatoms. The van der Waals surface area contributed by atoms with Crippen LogP contribution >= 0.6 is 0 Å². The summed E-state index contributed by atoms with van der Waals surface area (Å²) in [5, 5.41) is 3.34. The lowest BCUT2D eigenvalue weighted by Gasteiger charge is -2.31. The molecule has 9 nitrogen and oxygen atoms in total. The number of nitrogens with zero attached hydrogens (tertiary/aromatic N) is 5. The van der Waals surface area contributed by atoms with E-state index in [1.54, 1.807) is 19.9 Å². The van der Waals surface area contributed by atoms with Crippen LogP contribution in [0.1, 0.15) is 38.7 Å². The van der Waals surface area contributed by atoms with E-state index in [9.17, 15) is 4.39 Å². The summed E-state index contributed by atoms with van der Waals surface area (Å²) in [5.74, 6) is -2.65. The number of benzene rings is 2. The Balaban J connectivity index is 1.47. The van der Waals surface area contributed by atoms with Crippen molar-refractivity contribution >= 4 is 33.2 Å². The van der Waals surface area contributed by atoms with Gasteiger partial charge in [0.2, 0.25) is 5.88 Å². The molecule has 0 radical (unpaired) electrons. The average Bonchev–Trinajstić information content (AvgIpc) is 3.50. The maximum Gasteiger partial charge on any atom is 0.319 e. The molecular weight excluding hydrogens is 645 g/mol. The zero-order valence-electron chi connectivity index (χ0n) is 27.1. The largest absolute Gasteiger partial charge is 0.474 e. The fourth-order valence-electron chi connectivity index (χ4n) is 7.40. The van der Waals surface area contributed by atoms with Gasteiger partial charge in [-0.25, -0.2) is 26.9 Å². The first-order chi connectivity index (χ1) is 23.4. The Morgan fingerprint density at radius 2 is 1.96 bits per heavy atom. The predicted molar refractivity (Wildman–Crippen MR) is 177 cm³/mol. The fourth-order valence-corrected chi connectivity index (χ4v) is 7.40. The number of terminal acetylenes is 1. The van der Waals surface area contributed by atoms with Gasteiger partial charge in [-0.2, -0.15) is 9.97 Å². The van der Waals surface area contributed by atoms with Crippen LogP contribution in [-0.4, -0.2) is 89.5 Å². The van der Waals surface area contributed by atoms with Crippen LogP contribution in [0.4, 0.5) is 33.5 Å². The van der Waals surface area contributed by atoms with E-state index in [4.69, 9.17) is 21.6 Å². The molecule has 3 aliphatic heterocycles. The van der Waals surface area contributed by atoms with Crippen LogP contribution in [0.25, 0.3) is 32.9 Å². The molecule has 7 rings (SSSR count). The van der Waals surface area contributed by atoms with Gasteiger partial charge in [-0.1, -0.05) is 12.0 Å². The Labute approximate surface area is 280 Å². The molecule has 3 N–H and O–H groups in total. The SMILES string of the molecule is C#Cc1c(F)ccc2cc(N)cc(-c3nc(OC(C)C)c4c(N5CCNCC(F)(F)C5)nc(OC[C@@]56CCCN5C[C@H](F)C6)nc4c3F)c12. The summed E-state index contributed by atoms with van der Waals surface area (Å²) in [7, 11) is 0. The van der Waals surface area contributed by atoms with Crippen molar-refractivity contribution in [3.05, 3.63) is 41.5 Å². The fraction of sp³-hybridized carbons (Fsp3) is 0.457. The summed E-state index contributed by atoms with van der Waals surface area (Å²) in [6.45, 7) is 3.49. The Morgan fingerprint density at radius 3 is 2.73 bits per heavy atom. The van der Waals surface area contributed by atoms with E-state index >= 15 is 17.6 Å². The molecule has 0 saturated carbocycles. The average molecular weight is 682 g/mol. The van der Waals surface area contributed by atoms with Crippen molar-refractivity contribution in [3.8, 4) is 35.5 Å². The Bertz CT molecular complexity index is 1990. The highest BCUT2D eigenvalue weighted by Crippen LogP contribution is 2.44. The lowest BCUT2D eigenvalue weighted by molar-refractivity contribution is 0.0156. The highest BCUT2D eigenvalue weighted by molar-refractivity contribution is 6.04. The number of aromatic nitrogens is 3. The van der Waals surface area contributed by atoms with E-state index in [0.717, 1.165) is 13.0 Å². The third-order valence-corrected chi connectivity index (χ3v) is 9.44. The molecule has 3 aliphatic rings. The summed E-state index contributed by atoms with van der Waals surface area (Å²) in [5.41, 5.74) is 5.24. The molecule has 0 amide bonds. The monoisotopic (exact) mass is 681 g/mol. The summed E-state index contributed by atoms with van der Waals surface area (Å²) in [6, 6.07) is 5.42. The first-order valence-electron chi connectivity index (χ1n) is 16.3. The molecule has 0 aliphatic carbocycles. The normalized spacial score (nSPS) is 22.4. The van der Waals surface area contributed by atoms with Gasteiger partial charge in [-0.3, -0.25) is 4.90 Å². The Hall–Kier alpha value is -4.48. The third kappa shape index (κ3) is 6.03.